The van der Waals surface area contributed by atoms with Crippen molar-refractivity contribution in [3.8, 4) is 0 Å². The summed E-state index contributed by atoms with van der Waals surface area (Å²) in [6, 6.07) is 13.9. The van der Waals surface area contributed by atoms with E-state index in [2.05, 4.69) is 11.1 Å². The molecule has 0 fully saturated rings. The lowest BCUT2D eigenvalue weighted by atomic mass is 10.1. The highest BCUT2D eigenvalue weighted by molar-refractivity contribution is 5.78. The Hall–Kier alpha value is -2.13. The number of aromatic nitrogens is 1. The van der Waals surface area contributed by atoms with E-state index < -0.39 is 0 Å². The van der Waals surface area contributed by atoms with E-state index in [4.69, 9.17) is 10.2 Å². The summed E-state index contributed by atoms with van der Waals surface area (Å²) in [7, 11) is 0. The SMILES string of the molecule is NC(Cc1ccoc1)c1ccc2ccccc2n1. The summed E-state index contributed by atoms with van der Waals surface area (Å²) in [5.74, 6) is 0. The van der Waals surface area contributed by atoms with Gasteiger partial charge in [-0.05, 0) is 30.2 Å². The molecule has 0 aliphatic carbocycles. The smallest absolute Gasteiger partial charge is 0.0935 e. The van der Waals surface area contributed by atoms with Crippen LogP contribution in [0.2, 0.25) is 0 Å². The van der Waals surface area contributed by atoms with Crippen molar-refractivity contribution < 1.29 is 4.42 Å². The van der Waals surface area contributed by atoms with Crippen molar-refractivity contribution >= 4 is 10.9 Å². The van der Waals surface area contributed by atoms with Gasteiger partial charge < -0.3 is 10.2 Å². The number of hydrogen-bond donors (Lipinski definition) is 1. The van der Waals surface area contributed by atoms with Gasteiger partial charge >= 0.3 is 0 Å². The lowest BCUT2D eigenvalue weighted by Crippen LogP contribution is -2.14. The fourth-order valence-corrected chi connectivity index (χ4v) is 2.06. The summed E-state index contributed by atoms with van der Waals surface area (Å²) in [6.07, 6.45) is 4.12. The monoisotopic (exact) mass is 238 g/mol. The highest BCUT2D eigenvalue weighted by Gasteiger charge is 2.09. The number of nitrogens with zero attached hydrogens (tertiary/aromatic N) is 1. The summed E-state index contributed by atoms with van der Waals surface area (Å²) in [5.41, 5.74) is 9.16. The zero-order chi connectivity index (χ0) is 12.4. The largest absolute Gasteiger partial charge is 0.472 e. The third-order valence-electron chi connectivity index (χ3n) is 3.04. The van der Waals surface area contributed by atoms with Crippen LogP contribution in [0.1, 0.15) is 17.3 Å². The van der Waals surface area contributed by atoms with Gasteiger partial charge in [0.25, 0.3) is 0 Å². The van der Waals surface area contributed by atoms with Gasteiger partial charge in [0.2, 0.25) is 0 Å². The van der Waals surface area contributed by atoms with Crippen molar-refractivity contribution in [2.45, 2.75) is 12.5 Å². The number of benzene rings is 1. The predicted molar refractivity (Wildman–Crippen MR) is 71.1 cm³/mol. The molecule has 90 valence electrons. The van der Waals surface area contributed by atoms with Crippen LogP contribution in [0.3, 0.4) is 0 Å². The lowest BCUT2D eigenvalue weighted by molar-refractivity contribution is 0.560. The molecule has 0 aliphatic rings. The lowest BCUT2D eigenvalue weighted by Gasteiger charge is -2.10. The first kappa shape index (κ1) is 11.0. The van der Waals surface area contributed by atoms with Crippen molar-refractivity contribution in [1.29, 1.82) is 0 Å². The Kier molecular flexibility index (Phi) is 2.82. The standard InChI is InChI=1S/C15H14N2O/c16-13(9-11-7-8-18-10-11)15-6-5-12-3-1-2-4-14(12)17-15/h1-8,10,13H,9,16H2. The maximum atomic E-state index is 6.17. The number of rotatable bonds is 3. The highest BCUT2D eigenvalue weighted by Crippen LogP contribution is 2.18. The van der Waals surface area contributed by atoms with E-state index in [1.807, 2.05) is 36.4 Å². The summed E-state index contributed by atoms with van der Waals surface area (Å²) < 4.78 is 5.05. The van der Waals surface area contributed by atoms with Gasteiger partial charge in [0.15, 0.2) is 0 Å². The molecule has 2 heterocycles. The van der Waals surface area contributed by atoms with Crippen LogP contribution in [-0.4, -0.2) is 4.98 Å². The van der Waals surface area contributed by atoms with Crippen molar-refractivity contribution in [3.63, 3.8) is 0 Å². The molecular formula is C15H14N2O. The molecule has 0 amide bonds. The number of furan rings is 1. The van der Waals surface area contributed by atoms with Crippen molar-refractivity contribution in [2.75, 3.05) is 0 Å². The molecule has 3 rings (SSSR count). The molecule has 18 heavy (non-hydrogen) atoms. The molecule has 0 spiro atoms. The van der Waals surface area contributed by atoms with Gasteiger partial charge in [0.05, 0.1) is 29.8 Å². The minimum absolute atomic E-state index is 0.104. The molecular weight excluding hydrogens is 224 g/mol. The third kappa shape index (κ3) is 2.13. The van der Waals surface area contributed by atoms with E-state index >= 15 is 0 Å². The minimum Gasteiger partial charge on any atom is -0.472 e. The fraction of sp³-hybridized carbons (Fsp3) is 0.133. The van der Waals surface area contributed by atoms with Crippen LogP contribution in [0.5, 0.6) is 0 Å². The van der Waals surface area contributed by atoms with Crippen LogP contribution in [0, 0.1) is 0 Å². The second kappa shape index (κ2) is 4.63. The van der Waals surface area contributed by atoms with Crippen LogP contribution >= 0.6 is 0 Å². The summed E-state index contributed by atoms with van der Waals surface area (Å²) >= 11 is 0. The Balaban J connectivity index is 1.89. The molecule has 0 radical (unpaired) electrons. The van der Waals surface area contributed by atoms with Gasteiger partial charge in [-0.25, -0.2) is 0 Å². The number of nitrogens with two attached hydrogens (primary N) is 1. The molecule has 0 bridgehead atoms. The number of hydrogen-bond acceptors (Lipinski definition) is 3. The molecule has 1 unspecified atom stereocenters. The van der Waals surface area contributed by atoms with Gasteiger partial charge in [0.1, 0.15) is 0 Å². The molecule has 3 nitrogen and oxygen atoms in total. The summed E-state index contributed by atoms with van der Waals surface area (Å²) in [6.45, 7) is 0. The normalized spacial score (nSPS) is 12.7. The maximum Gasteiger partial charge on any atom is 0.0935 e. The highest BCUT2D eigenvalue weighted by atomic mass is 16.3. The van der Waals surface area contributed by atoms with E-state index in [-0.39, 0.29) is 6.04 Å². The Morgan fingerprint density at radius 1 is 1.11 bits per heavy atom. The zero-order valence-corrected chi connectivity index (χ0v) is 9.91. The molecule has 0 saturated heterocycles. The second-order valence-corrected chi connectivity index (χ2v) is 4.37. The first-order valence-electron chi connectivity index (χ1n) is 5.95. The first-order chi connectivity index (χ1) is 8.83. The summed E-state index contributed by atoms with van der Waals surface area (Å²) in [5, 5.41) is 1.14. The molecule has 3 aromatic rings. The Labute approximate surface area is 105 Å². The van der Waals surface area contributed by atoms with Crippen molar-refractivity contribution in [2.24, 2.45) is 5.73 Å². The summed E-state index contributed by atoms with van der Waals surface area (Å²) in [4.78, 5) is 4.60. The molecule has 0 saturated carbocycles. The van der Waals surface area contributed by atoms with Crippen LogP contribution < -0.4 is 5.73 Å². The molecule has 0 aliphatic heterocycles. The second-order valence-electron chi connectivity index (χ2n) is 4.37. The maximum absolute atomic E-state index is 6.17. The topological polar surface area (TPSA) is 52.0 Å². The van der Waals surface area contributed by atoms with E-state index in [1.54, 1.807) is 12.5 Å². The van der Waals surface area contributed by atoms with Crippen LogP contribution in [0.4, 0.5) is 0 Å². The quantitative estimate of drug-likeness (QED) is 0.763. The Morgan fingerprint density at radius 3 is 2.83 bits per heavy atom. The minimum atomic E-state index is -0.104. The molecule has 2 aromatic heterocycles. The number of pyridine rings is 1. The fourth-order valence-electron chi connectivity index (χ4n) is 2.06. The predicted octanol–water partition coefficient (Wildman–Crippen LogP) is 3.07. The molecule has 3 heteroatoms. The molecule has 1 aromatic carbocycles. The van der Waals surface area contributed by atoms with E-state index in [0.29, 0.717) is 0 Å². The Bertz CT molecular complexity index is 646. The average molecular weight is 238 g/mol. The van der Waals surface area contributed by atoms with Gasteiger partial charge in [-0.15, -0.1) is 0 Å². The van der Waals surface area contributed by atoms with Gasteiger partial charge in [-0.3, -0.25) is 4.98 Å². The zero-order valence-electron chi connectivity index (χ0n) is 9.91. The van der Waals surface area contributed by atoms with Gasteiger partial charge in [-0.1, -0.05) is 24.3 Å². The van der Waals surface area contributed by atoms with E-state index in [1.165, 1.54) is 0 Å². The number of fused-ring (bicyclic) bond motifs is 1. The van der Waals surface area contributed by atoms with Gasteiger partial charge in [-0.2, -0.15) is 0 Å². The van der Waals surface area contributed by atoms with Crippen molar-refractivity contribution in [1.82, 2.24) is 4.98 Å². The third-order valence-corrected chi connectivity index (χ3v) is 3.04. The molecule has 2 N–H and O–H groups in total. The van der Waals surface area contributed by atoms with Crippen LogP contribution in [-0.2, 0) is 6.42 Å². The van der Waals surface area contributed by atoms with Gasteiger partial charge in [0, 0.05) is 5.39 Å². The van der Waals surface area contributed by atoms with Crippen molar-refractivity contribution in [3.05, 3.63) is 66.2 Å². The first-order valence-corrected chi connectivity index (χ1v) is 5.95. The van der Waals surface area contributed by atoms with E-state index in [0.717, 1.165) is 28.6 Å². The average Bonchev–Trinajstić information content (AvgIpc) is 2.91. The van der Waals surface area contributed by atoms with Crippen LogP contribution in [0.25, 0.3) is 10.9 Å². The number of para-hydroxylation sites is 1. The molecule has 1 atom stereocenters. The van der Waals surface area contributed by atoms with Crippen LogP contribution in [0.15, 0.2) is 59.4 Å². The van der Waals surface area contributed by atoms with E-state index in [9.17, 15) is 0 Å². The Morgan fingerprint density at radius 2 is 2.00 bits per heavy atom.